The fourth-order valence-electron chi connectivity index (χ4n) is 1.34. The van der Waals surface area contributed by atoms with Crippen LogP contribution in [-0.4, -0.2) is 34.3 Å². The highest BCUT2D eigenvalue weighted by molar-refractivity contribution is 7.84. The first-order valence-electron chi connectivity index (χ1n) is 4.93. The van der Waals surface area contributed by atoms with Crippen molar-refractivity contribution in [1.29, 1.82) is 5.26 Å². The number of anilines is 1. The van der Waals surface area contributed by atoms with Crippen LogP contribution < -0.4 is 4.90 Å². The normalized spacial score (nSPS) is 13.9. The Labute approximate surface area is 98.4 Å². The molecule has 16 heavy (non-hydrogen) atoms. The zero-order valence-electron chi connectivity index (χ0n) is 9.67. The van der Waals surface area contributed by atoms with Crippen LogP contribution >= 0.6 is 0 Å². The van der Waals surface area contributed by atoms with E-state index in [1.807, 2.05) is 24.9 Å². The zero-order valence-corrected chi connectivity index (χ0v) is 10.5. The molecule has 0 saturated carbocycles. The van der Waals surface area contributed by atoms with Gasteiger partial charge in [-0.25, -0.2) is 4.98 Å². The molecular weight excluding hydrogens is 222 g/mol. The molecule has 1 aromatic rings. The minimum absolute atomic E-state index is 0.159. The van der Waals surface area contributed by atoms with E-state index in [1.54, 1.807) is 24.6 Å². The van der Waals surface area contributed by atoms with Gasteiger partial charge in [0.2, 0.25) is 0 Å². The minimum atomic E-state index is -0.818. The molecule has 0 N–H and O–H groups in total. The molecule has 0 bridgehead atoms. The van der Waals surface area contributed by atoms with Gasteiger partial charge in [0.05, 0.1) is 5.56 Å². The van der Waals surface area contributed by atoms with Crippen LogP contribution in [0.5, 0.6) is 0 Å². The lowest BCUT2D eigenvalue weighted by atomic mass is 10.3. The van der Waals surface area contributed by atoms with Crippen molar-refractivity contribution in [3.63, 3.8) is 0 Å². The van der Waals surface area contributed by atoms with Crippen LogP contribution in [0.25, 0.3) is 0 Å². The highest BCUT2D eigenvalue weighted by atomic mass is 32.2. The number of nitrogens with zero attached hydrogens (tertiary/aromatic N) is 3. The van der Waals surface area contributed by atoms with Gasteiger partial charge in [0.1, 0.15) is 11.9 Å². The molecule has 4 nitrogen and oxygen atoms in total. The number of hydrogen-bond donors (Lipinski definition) is 0. The van der Waals surface area contributed by atoms with E-state index in [2.05, 4.69) is 4.98 Å². The van der Waals surface area contributed by atoms with Gasteiger partial charge >= 0.3 is 0 Å². The lowest BCUT2D eigenvalue weighted by molar-refractivity contribution is 0.674. The Morgan fingerprint density at radius 2 is 2.31 bits per heavy atom. The van der Waals surface area contributed by atoms with E-state index in [9.17, 15) is 4.21 Å². The standard InChI is InChI=1S/C11H15N3OS/c1-9(8-16(3)15)14(2)11-5-4-10(6-12)7-13-11/h4-5,7,9H,8H2,1-3H3/t9-,16-/m1/s1. The van der Waals surface area contributed by atoms with Gasteiger partial charge in [0, 0.05) is 42.1 Å². The Hall–Kier alpha value is -1.41. The summed E-state index contributed by atoms with van der Waals surface area (Å²) in [7, 11) is 1.09. The van der Waals surface area contributed by atoms with Crippen molar-refractivity contribution in [3.8, 4) is 6.07 Å². The van der Waals surface area contributed by atoms with Crippen LogP contribution in [0.1, 0.15) is 12.5 Å². The first-order chi connectivity index (χ1) is 7.54. The molecule has 0 aliphatic heterocycles. The van der Waals surface area contributed by atoms with Crippen LogP contribution in [0.4, 0.5) is 5.82 Å². The summed E-state index contributed by atoms with van der Waals surface area (Å²) in [6, 6.07) is 5.71. The molecule has 5 heteroatoms. The monoisotopic (exact) mass is 237 g/mol. The van der Waals surface area contributed by atoms with Gasteiger partial charge in [-0.3, -0.25) is 4.21 Å². The summed E-state index contributed by atoms with van der Waals surface area (Å²) < 4.78 is 11.1. The summed E-state index contributed by atoms with van der Waals surface area (Å²) >= 11 is 0. The van der Waals surface area contributed by atoms with Crippen LogP contribution in [0.3, 0.4) is 0 Å². The van der Waals surface area contributed by atoms with E-state index in [4.69, 9.17) is 5.26 Å². The lowest BCUT2D eigenvalue weighted by Crippen LogP contribution is -2.33. The van der Waals surface area contributed by atoms with E-state index in [1.165, 1.54) is 0 Å². The highest BCUT2D eigenvalue weighted by Crippen LogP contribution is 2.12. The quantitative estimate of drug-likeness (QED) is 0.788. The highest BCUT2D eigenvalue weighted by Gasteiger charge is 2.12. The Balaban J connectivity index is 2.76. The molecule has 0 fully saturated rings. The van der Waals surface area contributed by atoms with Crippen molar-refractivity contribution in [2.45, 2.75) is 13.0 Å². The van der Waals surface area contributed by atoms with Crippen molar-refractivity contribution in [2.75, 3.05) is 24.0 Å². The topological polar surface area (TPSA) is 57.0 Å². The van der Waals surface area contributed by atoms with Gasteiger partial charge in [-0.2, -0.15) is 5.26 Å². The molecule has 86 valence electrons. The Morgan fingerprint density at radius 3 is 2.75 bits per heavy atom. The third-order valence-electron chi connectivity index (χ3n) is 2.38. The van der Waals surface area contributed by atoms with Crippen molar-refractivity contribution in [3.05, 3.63) is 23.9 Å². The molecule has 0 unspecified atom stereocenters. The Kier molecular flexibility index (Phi) is 4.44. The van der Waals surface area contributed by atoms with Gasteiger partial charge in [0.25, 0.3) is 0 Å². The van der Waals surface area contributed by atoms with Gasteiger partial charge in [-0.05, 0) is 19.1 Å². The summed E-state index contributed by atoms with van der Waals surface area (Å²) in [5.74, 6) is 1.40. The summed E-state index contributed by atoms with van der Waals surface area (Å²) in [5, 5.41) is 8.65. The third kappa shape index (κ3) is 3.31. The number of rotatable bonds is 4. The second-order valence-electron chi connectivity index (χ2n) is 3.72. The van der Waals surface area contributed by atoms with Gasteiger partial charge in [-0.1, -0.05) is 0 Å². The maximum Gasteiger partial charge on any atom is 0.128 e. The summed E-state index contributed by atoms with van der Waals surface area (Å²) in [4.78, 5) is 6.14. The maximum atomic E-state index is 11.1. The van der Waals surface area contributed by atoms with E-state index >= 15 is 0 Å². The second-order valence-corrected chi connectivity index (χ2v) is 5.20. The summed E-state index contributed by atoms with van der Waals surface area (Å²) in [6.45, 7) is 2.00. The fraction of sp³-hybridized carbons (Fsp3) is 0.455. The molecule has 0 saturated heterocycles. The lowest BCUT2D eigenvalue weighted by Gasteiger charge is -2.25. The first-order valence-corrected chi connectivity index (χ1v) is 6.66. The molecule has 1 heterocycles. The van der Waals surface area contributed by atoms with Crippen molar-refractivity contribution in [2.24, 2.45) is 0 Å². The van der Waals surface area contributed by atoms with Gasteiger partial charge < -0.3 is 4.90 Å². The first kappa shape index (κ1) is 12.7. The van der Waals surface area contributed by atoms with E-state index in [0.29, 0.717) is 11.3 Å². The molecule has 0 aromatic carbocycles. The number of pyridine rings is 1. The van der Waals surface area contributed by atoms with E-state index < -0.39 is 10.8 Å². The molecule has 0 amide bonds. The van der Waals surface area contributed by atoms with Crippen LogP contribution in [-0.2, 0) is 10.8 Å². The van der Waals surface area contributed by atoms with E-state index in [-0.39, 0.29) is 6.04 Å². The van der Waals surface area contributed by atoms with Gasteiger partial charge in [-0.15, -0.1) is 0 Å². The SMILES string of the molecule is C[C@H](C[S@@](C)=O)N(C)c1ccc(C#N)cn1. The molecule has 0 spiro atoms. The molecule has 2 atom stereocenters. The molecular formula is C11H15N3OS. The molecule has 1 aromatic heterocycles. The fourth-order valence-corrected chi connectivity index (χ4v) is 2.24. The van der Waals surface area contributed by atoms with Crippen molar-refractivity contribution >= 4 is 16.6 Å². The predicted octanol–water partition coefficient (Wildman–Crippen LogP) is 1.16. The summed E-state index contributed by atoms with van der Waals surface area (Å²) in [5.41, 5.74) is 0.545. The van der Waals surface area contributed by atoms with Crippen molar-refractivity contribution < 1.29 is 4.21 Å². The average Bonchev–Trinajstić information content (AvgIpc) is 2.27. The summed E-state index contributed by atoms with van der Waals surface area (Å²) in [6.07, 6.45) is 3.23. The second kappa shape index (κ2) is 5.61. The van der Waals surface area contributed by atoms with Crippen LogP contribution in [0, 0.1) is 11.3 Å². The molecule has 0 aliphatic carbocycles. The average molecular weight is 237 g/mol. The molecule has 0 radical (unpaired) electrons. The smallest absolute Gasteiger partial charge is 0.128 e. The number of hydrogen-bond acceptors (Lipinski definition) is 4. The number of nitriles is 1. The minimum Gasteiger partial charge on any atom is -0.356 e. The molecule has 0 aliphatic rings. The number of aromatic nitrogens is 1. The third-order valence-corrected chi connectivity index (χ3v) is 3.33. The van der Waals surface area contributed by atoms with Gasteiger partial charge in [0.15, 0.2) is 0 Å². The van der Waals surface area contributed by atoms with E-state index in [0.717, 1.165) is 5.82 Å². The Morgan fingerprint density at radius 1 is 1.62 bits per heavy atom. The van der Waals surface area contributed by atoms with Crippen LogP contribution in [0.2, 0.25) is 0 Å². The van der Waals surface area contributed by atoms with Crippen molar-refractivity contribution in [1.82, 2.24) is 4.98 Å². The predicted molar refractivity (Wildman–Crippen MR) is 65.8 cm³/mol. The Bertz CT molecular complexity index is 410. The maximum absolute atomic E-state index is 11.1. The van der Waals surface area contributed by atoms with Crippen LogP contribution in [0.15, 0.2) is 18.3 Å². The molecule has 1 rings (SSSR count). The largest absolute Gasteiger partial charge is 0.356 e. The zero-order chi connectivity index (χ0) is 12.1.